The van der Waals surface area contributed by atoms with E-state index >= 15 is 0 Å². The van der Waals surface area contributed by atoms with Gasteiger partial charge in [0.15, 0.2) is 0 Å². The standard InChI is InChI=1S/C10H18N2O5S/c1-9(13)11-4-6-12(7-5-11)18(16,17)8-2-3-10(14)15/h2-8H2,1H3,(H,14,15). The fourth-order valence-electron chi connectivity index (χ4n) is 1.82. The molecule has 1 aliphatic rings. The van der Waals surface area contributed by atoms with E-state index in [1.165, 1.54) is 11.2 Å². The minimum absolute atomic E-state index is 0.0575. The van der Waals surface area contributed by atoms with E-state index in [9.17, 15) is 18.0 Å². The van der Waals surface area contributed by atoms with Crippen molar-refractivity contribution in [3.05, 3.63) is 0 Å². The molecule has 0 aliphatic carbocycles. The molecule has 0 aromatic carbocycles. The molecule has 0 aromatic rings. The number of carboxylic acid groups (broad SMARTS) is 1. The van der Waals surface area contributed by atoms with Gasteiger partial charge in [0.05, 0.1) is 5.75 Å². The number of piperazine rings is 1. The Balaban J connectivity index is 2.45. The van der Waals surface area contributed by atoms with Gasteiger partial charge in [0.1, 0.15) is 0 Å². The van der Waals surface area contributed by atoms with Crippen molar-refractivity contribution in [2.45, 2.75) is 19.8 Å². The highest BCUT2D eigenvalue weighted by Gasteiger charge is 2.27. The Labute approximate surface area is 106 Å². The summed E-state index contributed by atoms with van der Waals surface area (Å²) in [5.74, 6) is -1.20. The molecular formula is C10H18N2O5S. The van der Waals surface area contributed by atoms with Crippen LogP contribution in [0.5, 0.6) is 0 Å². The topological polar surface area (TPSA) is 95.0 Å². The zero-order valence-corrected chi connectivity index (χ0v) is 11.1. The zero-order valence-electron chi connectivity index (χ0n) is 10.3. The molecule has 0 aromatic heterocycles. The van der Waals surface area contributed by atoms with Crippen molar-refractivity contribution in [2.75, 3.05) is 31.9 Å². The van der Waals surface area contributed by atoms with Crippen molar-refractivity contribution in [3.63, 3.8) is 0 Å². The molecule has 0 unspecified atom stereocenters. The minimum atomic E-state index is -3.40. The third kappa shape index (κ3) is 4.26. The van der Waals surface area contributed by atoms with Crippen LogP contribution in [0.15, 0.2) is 0 Å². The second kappa shape index (κ2) is 6.14. The van der Waals surface area contributed by atoms with Crippen molar-refractivity contribution in [1.29, 1.82) is 0 Å². The Bertz CT molecular complexity index is 412. The van der Waals surface area contributed by atoms with Crippen molar-refractivity contribution >= 4 is 21.9 Å². The summed E-state index contributed by atoms with van der Waals surface area (Å²) in [4.78, 5) is 23.0. The molecule has 104 valence electrons. The number of carboxylic acids is 1. The molecule has 1 rings (SSSR count). The third-order valence-corrected chi connectivity index (χ3v) is 4.83. The maximum atomic E-state index is 11.9. The number of aliphatic carboxylic acids is 1. The number of carbonyl (C=O) groups is 2. The lowest BCUT2D eigenvalue weighted by Gasteiger charge is -2.33. The maximum absolute atomic E-state index is 11.9. The number of nitrogens with zero attached hydrogens (tertiary/aromatic N) is 2. The van der Waals surface area contributed by atoms with Crippen LogP contribution in [0.2, 0.25) is 0 Å². The Morgan fingerprint density at radius 1 is 1.17 bits per heavy atom. The molecule has 0 radical (unpaired) electrons. The smallest absolute Gasteiger partial charge is 0.303 e. The van der Waals surface area contributed by atoms with Gasteiger partial charge < -0.3 is 10.0 Å². The Hall–Kier alpha value is -1.15. The quantitative estimate of drug-likeness (QED) is 0.720. The van der Waals surface area contributed by atoms with Crippen molar-refractivity contribution in [3.8, 4) is 0 Å². The van der Waals surface area contributed by atoms with Gasteiger partial charge >= 0.3 is 5.97 Å². The van der Waals surface area contributed by atoms with Crippen molar-refractivity contribution in [2.24, 2.45) is 0 Å². The van der Waals surface area contributed by atoms with Gasteiger partial charge in [-0.05, 0) is 6.42 Å². The monoisotopic (exact) mass is 278 g/mol. The number of amides is 1. The molecule has 0 spiro atoms. The number of carbonyl (C=O) groups excluding carboxylic acids is 1. The maximum Gasteiger partial charge on any atom is 0.303 e. The lowest BCUT2D eigenvalue weighted by Crippen LogP contribution is -2.50. The van der Waals surface area contributed by atoms with E-state index in [2.05, 4.69) is 0 Å². The molecule has 0 saturated carbocycles. The lowest BCUT2D eigenvalue weighted by atomic mass is 10.3. The minimum Gasteiger partial charge on any atom is -0.481 e. The van der Waals surface area contributed by atoms with Crippen molar-refractivity contribution in [1.82, 2.24) is 9.21 Å². The Kier molecular flexibility index (Phi) is 5.09. The Morgan fingerprint density at radius 3 is 2.17 bits per heavy atom. The van der Waals surface area contributed by atoms with Gasteiger partial charge in [0.2, 0.25) is 15.9 Å². The summed E-state index contributed by atoms with van der Waals surface area (Å²) in [5.41, 5.74) is 0. The van der Waals surface area contributed by atoms with E-state index < -0.39 is 16.0 Å². The first kappa shape index (κ1) is 14.9. The molecule has 18 heavy (non-hydrogen) atoms. The van der Waals surface area contributed by atoms with Gasteiger partial charge in [-0.1, -0.05) is 0 Å². The molecule has 1 N–H and O–H groups in total. The number of rotatable bonds is 5. The molecule has 1 aliphatic heterocycles. The molecule has 1 heterocycles. The summed E-state index contributed by atoms with van der Waals surface area (Å²) in [6, 6.07) is 0. The van der Waals surface area contributed by atoms with Gasteiger partial charge in [-0.2, -0.15) is 4.31 Å². The van der Waals surface area contributed by atoms with Crippen LogP contribution in [0.4, 0.5) is 0 Å². The third-order valence-electron chi connectivity index (χ3n) is 2.87. The number of hydrogen-bond donors (Lipinski definition) is 1. The van der Waals surface area contributed by atoms with Crippen molar-refractivity contribution < 1.29 is 23.1 Å². The second-order valence-corrected chi connectivity index (χ2v) is 6.31. The predicted molar refractivity (Wildman–Crippen MR) is 64.5 cm³/mol. The van der Waals surface area contributed by atoms with E-state index in [0.29, 0.717) is 13.1 Å². The first-order chi connectivity index (χ1) is 8.33. The van der Waals surface area contributed by atoms with Crippen LogP contribution in [0.25, 0.3) is 0 Å². The van der Waals surface area contributed by atoms with Crippen LogP contribution in [-0.4, -0.2) is 66.5 Å². The van der Waals surface area contributed by atoms with Gasteiger partial charge in [-0.25, -0.2) is 8.42 Å². The molecule has 7 nitrogen and oxygen atoms in total. The summed E-state index contributed by atoms with van der Waals surface area (Å²) < 4.78 is 25.1. The Morgan fingerprint density at radius 2 is 1.72 bits per heavy atom. The van der Waals surface area contributed by atoms with E-state index in [1.807, 2.05) is 0 Å². The highest BCUT2D eigenvalue weighted by molar-refractivity contribution is 7.89. The zero-order chi connectivity index (χ0) is 13.8. The van der Waals surface area contributed by atoms with Crippen LogP contribution < -0.4 is 0 Å². The first-order valence-electron chi connectivity index (χ1n) is 5.78. The van der Waals surface area contributed by atoms with Gasteiger partial charge in [0.25, 0.3) is 0 Å². The second-order valence-electron chi connectivity index (χ2n) is 4.22. The normalized spacial score (nSPS) is 17.7. The summed E-state index contributed by atoms with van der Waals surface area (Å²) in [7, 11) is -3.40. The van der Waals surface area contributed by atoms with Crippen LogP contribution in [0.3, 0.4) is 0 Å². The molecule has 8 heteroatoms. The summed E-state index contributed by atoms with van der Waals surface area (Å²) >= 11 is 0. The van der Waals surface area contributed by atoms with Crippen LogP contribution >= 0.6 is 0 Å². The van der Waals surface area contributed by atoms with Gasteiger partial charge in [-0.15, -0.1) is 0 Å². The molecule has 0 atom stereocenters. The highest BCUT2D eigenvalue weighted by Crippen LogP contribution is 2.10. The average Bonchev–Trinajstić information content (AvgIpc) is 2.28. The lowest BCUT2D eigenvalue weighted by molar-refractivity contribution is -0.137. The van der Waals surface area contributed by atoms with E-state index in [0.717, 1.165) is 0 Å². The fourth-order valence-corrected chi connectivity index (χ4v) is 3.30. The molecule has 1 fully saturated rings. The largest absolute Gasteiger partial charge is 0.481 e. The summed E-state index contributed by atoms with van der Waals surface area (Å²) in [6.45, 7) is 2.82. The molecule has 0 bridgehead atoms. The molecule has 1 amide bonds. The molecular weight excluding hydrogens is 260 g/mol. The average molecular weight is 278 g/mol. The predicted octanol–water partition coefficient (Wildman–Crippen LogP) is -0.655. The van der Waals surface area contributed by atoms with Gasteiger partial charge in [0, 0.05) is 39.5 Å². The van der Waals surface area contributed by atoms with Crippen LogP contribution in [-0.2, 0) is 19.6 Å². The van der Waals surface area contributed by atoms with E-state index in [4.69, 9.17) is 5.11 Å². The SMILES string of the molecule is CC(=O)N1CCN(S(=O)(=O)CCCC(=O)O)CC1. The molecule has 1 saturated heterocycles. The highest BCUT2D eigenvalue weighted by atomic mass is 32.2. The number of sulfonamides is 1. The fraction of sp³-hybridized carbons (Fsp3) is 0.800. The van der Waals surface area contributed by atoms with E-state index in [1.54, 1.807) is 4.90 Å². The summed E-state index contributed by atoms with van der Waals surface area (Å²) in [6.07, 6.45) is -0.0305. The van der Waals surface area contributed by atoms with Crippen LogP contribution in [0.1, 0.15) is 19.8 Å². The first-order valence-corrected chi connectivity index (χ1v) is 7.39. The number of hydrogen-bond acceptors (Lipinski definition) is 4. The van der Waals surface area contributed by atoms with Crippen LogP contribution in [0, 0.1) is 0 Å². The summed E-state index contributed by atoms with van der Waals surface area (Å²) in [5, 5.41) is 8.46. The van der Waals surface area contributed by atoms with Gasteiger partial charge in [-0.3, -0.25) is 9.59 Å². The van der Waals surface area contributed by atoms with E-state index in [-0.39, 0.29) is 37.6 Å².